The lowest BCUT2D eigenvalue weighted by Crippen LogP contribution is -2.19. The molecule has 1 heterocycles. The van der Waals surface area contributed by atoms with Gasteiger partial charge in [-0.15, -0.1) is 0 Å². The van der Waals surface area contributed by atoms with Gasteiger partial charge in [0.05, 0.1) is 13.3 Å². The Labute approximate surface area is 153 Å². The molecule has 7 heteroatoms. The summed E-state index contributed by atoms with van der Waals surface area (Å²) in [6.45, 7) is 3.79. The minimum Gasteiger partial charge on any atom is -0.495 e. The number of rotatable bonds is 5. The van der Waals surface area contributed by atoms with Gasteiger partial charge in [-0.2, -0.15) is 18.4 Å². The third kappa shape index (κ3) is 3.17. The number of fused-ring (bicyclic) bond motifs is 1. The van der Waals surface area contributed by atoms with Crippen molar-refractivity contribution in [1.29, 1.82) is 0 Å². The van der Waals surface area contributed by atoms with Crippen LogP contribution in [0.4, 0.5) is 0 Å². The summed E-state index contributed by atoms with van der Waals surface area (Å²) < 4.78 is 32.4. The van der Waals surface area contributed by atoms with Gasteiger partial charge >= 0.3 is 0 Å². The second kappa shape index (κ2) is 6.84. The highest BCUT2D eigenvalue weighted by molar-refractivity contribution is 7.89. The molecule has 0 amide bonds. The van der Waals surface area contributed by atoms with Crippen LogP contribution in [-0.2, 0) is 17.1 Å². The maximum absolute atomic E-state index is 12.6. The number of benzene rings is 2. The van der Waals surface area contributed by atoms with E-state index in [0.717, 1.165) is 27.7 Å². The van der Waals surface area contributed by atoms with Crippen LogP contribution in [0.1, 0.15) is 16.8 Å². The average molecular weight is 371 g/mol. The molecule has 0 unspecified atom stereocenters. The molecule has 3 rings (SSSR count). The summed E-state index contributed by atoms with van der Waals surface area (Å²) in [4.78, 5) is 2.34. The number of hydrogen-bond acceptors (Lipinski definition) is 4. The first-order valence-corrected chi connectivity index (χ1v) is 9.57. The van der Waals surface area contributed by atoms with E-state index >= 15 is 0 Å². The van der Waals surface area contributed by atoms with Crippen LogP contribution in [0.3, 0.4) is 0 Å². The number of hydrazone groups is 1. The number of aromatic nitrogens is 1. The Hall–Kier alpha value is -2.80. The molecule has 0 aliphatic carbocycles. The minimum absolute atomic E-state index is 0.0618. The fourth-order valence-electron chi connectivity index (χ4n) is 2.92. The molecule has 26 heavy (non-hydrogen) atoms. The topological polar surface area (TPSA) is 72.7 Å². The van der Waals surface area contributed by atoms with E-state index in [1.807, 2.05) is 45.2 Å². The summed E-state index contributed by atoms with van der Waals surface area (Å²) in [7, 11) is -0.429. The summed E-state index contributed by atoms with van der Waals surface area (Å²) in [5, 5.41) is 5.00. The number of nitrogens with one attached hydrogen (secondary N) is 1. The van der Waals surface area contributed by atoms with Crippen molar-refractivity contribution in [3.8, 4) is 5.75 Å². The second-order valence-electron chi connectivity index (χ2n) is 6.08. The second-order valence-corrected chi connectivity index (χ2v) is 7.71. The summed E-state index contributed by atoms with van der Waals surface area (Å²) in [6.07, 6.45) is 1.54. The van der Waals surface area contributed by atoms with Gasteiger partial charge in [-0.3, -0.25) is 0 Å². The van der Waals surface area contributed by atoms with E-state index < -0.39 is 10.0 Å². The number of ether oxygens (including phenoxy) is 1. The average Bonchev–Trinajstić information content (AvgIpc) is 2.87. The molecule has 0 atom stereocenters. The van der Waals surface area contributed by atoms with Crippen LogP contribution in [0.15, 0.2) is 52.5 Å². The van der Waals surface area contributed by atoms with Gasteiger partial charge in [0.2, 0.25) is 0 Å². The Morgan fingerprint density at radius 3 is 2.62 bits per heavy atom. The quantitative estimate of drug-likeness (QED) is 0.553. The van der Waals surface area contributed by atoms with E-state index in [2.05, 4.69) is 14.5 Å². The lowest BCUT2D eigenvalue weighted by molar-refractivity contribution is 0.402. The molecule has 3 aromatic rings. The van der Waals surface area contributed by atoms with Crippen LogP contribution < -0.4 is 9.57 Å². The van der Waals surface area contributed by atoms with Crippen LogP contribution in [0, 0.1) is 13.8 Å². The van der Waals surface area contributed by atoms with Gasteiger partial charge in [0.15, 0.2) is 0 Å². The van der Waals surface area contributed by atoms with Gasteiger partial charge in [-0.25, -0.2) is 0 Å². The maximum atomic E-state index is 12.6. The Morgan fingerprint density at radius 1 is 1.15 bits per heavy atom. The maximum Gasteiger partial charge on any atom is 0.280 e. The zero-order valence-corrected chi connectivity index (χ0v) is 16.0. The summed E-state index contributed by atoms with van der Waals surface area (Å²) in [5.41, 5.74) is 3.76. The standard InChI is InChI=1S/C19H21N3O3S/c1-13-9-10-18(25-4)19(11-13)26(23,24)21-20-12-16-14(2)22(3)17-8-6-5-7-15(16)17/h5-12,21H,1-4H3/b20-12+. The van der Waals surface area contributed by atoms with E-state index in [1.165, 1.54) is 13.3 Å². The normalized spacial score (nSPS) is 12.0. The van der Waals surface area contributed by atoms with Gasteiger partial charge < -0.3 is 9.30 Å². The molecule has 136 valence electrons. The Balaban J connectivity index is 1.94. The molecule has 0 spiro atoms. The highest BCUT2D eigenvalue weighted by Crippen LogP contribution is 2.25. The van der Waals surface area contributed by atoms with Gasteiger partial charge in [0.25, 0.3) is 10.0 Å². The summed E-state index contributed by atoms with van der Waals surface area (Å²) >= 11 is 0. The van der Waals surface area contributed by atoms with Crippen molar-refractivity contribution in [2.24, 2.45) is 12.1 Å². The lowest BCUT2D eigenvalue weighted by atomic mass is 10.1. The fourth-order valence-corrected chi connectivity index (χ4v) is 3.96. The van der Waals surface area contributed by atoms with E-state index in [0.29, 0.717) is 0 Å². The zero-order chi connectivity index (χ0) is 18.9. The highest BCUT2D eigenvalue weighted by atomic mass is 32.2. The molecular weight excluding hydrogens is 350 g/mol. The largest absolute Gasteiger partial charge is 0.495 e. The molecule has 0 saturated carbocycles. The number of para-hydroxylation sites is 1. The molecule has 0 aliphatic rings. The van der Waals surface area contributed by atoms with Crippen LogP contribution in [0.5, 0.6) is 5.75 Å². The van der Waals surface area contributed by atoms with Gasteiger partial charge in [-0.1, -0.05) is 24.3 Å². The van der Waals surface area contributed by atoms with Crippen molar-refractivity contribution in [3.63, 3.8) is 0 Å². The van der Waals surface area contributed by atoms with E-state index in [4.69, 9.17) is 4.74 Å². The third-order valence-corrected chi connectivity index (χ3v) is 5.67. The van der Waals surface area contributed by atoms with Crippen molar-refractivity contribution >= 4 is 27.1 Å². The first kappa shape index (κ1) is 18.0. The number of sulfonamides is 1. The zero-order valence-electron chi connectivity index (χ0n) is 15.1. The predicted octanol–water partition coefficient (Wildman–Crippen LogP) is 3.12. The first-order chi connectivity index (χ1) is 12.3. The van der Waals surface area contributed by atoms with Crippen LogP contribution >= 0.6 is 0 Å². The van der Waals surface area contributed by atoms with Gasteiger partial charge in [0.1, 0.15) is 10.6 Å². The lowest BCUT2D eigenvalue weighted by Gasteiger charge is -2.09. The molecule has 1 aromatic heterocycles. The van der Waals surface area contributed by atoms with Crippen molar-refractivity contribution in [3.05, 3.63) is 59.3 Å². The fraction of sp³-hybridized carbons (Fsp3) is 0.211. The minimum atomic E-state index is -3.83. The Bertz CT molecular complexity index is 1100. The molecular formula is C19H21N3O3S. The number of hydrogen-bond donors (Lipinski definition) is 1. The summed E-state index contributed by atoms with van der Waals surface area (Å²) in [6, 6.07) is 12.9. The van der Waals surface area contributed by atoms with E-state index in [-0.39, 0.29) is 10.6 Å². The molecule has 0 saturated heterocycles. The molecule has 0 radical (unpaired) electrons. The van der Waals surface area contributed by atoms with E-state index in [1.54, 1.807) is 18.2 Å². The van der Waals surface area contributed by atoms with Crippen LogP contribution in [-0.4, -0.2) is 26.3 Å². The highest BCUT2D eigenvalue weighted by Gasteiger charge is 2.19. The van der Waals surface area contributed by atoms with Crippen molar-refractivity contribution in [2.75, 3.05) is 7.11 Å². The third-order valence-electron chi connectivity index (χ3n) is 4.42. The number of nitrogens with zero attached hydrogens (tertiary/aromatic N) is 2. The Morgan fingerprint density at radius 2 is 1.88 bits per heavy atom. The smallest absolute Gasteiger partial charge is 0.280 e. The first-order valence-electron chi connectivity index (χ1n) is 8.08. The van der Waals surface area contributed by atoms with E-state index in [9.17, 15) is 8.42 Å². The molecule has 0 fully saturated rings. The van der Waals surface area contributed by atoms with Crippen molar-refractivity contribution in [1.82, 2.24) is 9.40 Å². The Kier molecular flexibility index (Phi) is 4.73. The van der Waals surface area contributed by atoms with Gasteiger partial charge in [0, 0.05) is 29.2 Å². The SMILES string of the molecule is COc1ccc(C)cc1S(=O)(=O)N/N=C/c1c(C)n(C)c2ccccc12. The molecule has 1 N–H and O–H groups in total. The predicted molar refractivity (Wildman–Crippen MR) is 103 cm³/mol. The number of aryl methyl sites for hydroxylation is 2. The molecule has 6 nitrogen and oxygen atoms in total. The monoisotopic (exact) mass is 371 g/mol. The molecule has 2 aromatic carbocycles. The number of methoxy groups -OCH3 is 1. The van der Waals surface area contributed by atoms with Crippen LogP contribution in [0.2, 0.25) is 0 Å². The van der Waals surface area contributed by atoms with Gasteiger partial charge in [-0.05, 0) is 37.6 Å². The van der Waals surface area contributed by atoms with Crippen molar-refractivity contribution < 1.29 is 13.2 Å². The van der Waals surface area contributed by atoms with Crippen molar-refractivity contribution in [2.45, 2.75) is 18.7 Å². The molecule has 0 bridgehead atoms. The van der Waals surface area contributed by atoms with Crippen LogP contribution in [0.25, 0.3) is 10.9 Å². The summed E-state index contributed by atoms with van der Waals surface area (Å²) in [5.74, 6) is 0.277. The molecule has 0 aliphatic heterocycles.